The number of carbonyl (C=O) groups is 2. The Morgan fingerprint density at radius 3 is 2.35 bits per heavy atom. The molecule has 2 rings (SSSR count). The van der Waals surface area contributed by atoms with Gasteiger partial charge in [0.05, 0.1) is 12.3 Å². The maximum absolute atomic E-state index is 12.7. The van der Waals surface area contributed by atoms with E-state index in [1.807, 2.05) is 44.2 Å². The zero-order valence-electron chi connectivity index (χ0n) is 13.3. The Labute approximate surface area is 136 Å². The van der Waals surface area contributed by atoms with E-state index in [2.05, 4.69) is 5.32 Å². The van der Waals surface area contributed by atoms with E-state index in [0.29, 0.717) is 11.3 Å². The molecule has 2 aromatic carbocycles. The van der Waals surface area contributed by atoms with Gasteiger partial charge in [-0.05, 0) is 29.2 Å². The molecule has 0 aliphatic rings. The van der Waals surface area contributed by atoms with Gasteiger partial charge in [0.15, 0.2) is 0 Å². The van der Waals surface area contributed by atoms with Crippen LogP contribution in [0.1, 0.15) is 30.9 Å². The van der Waals surface area contributed by atoms with Gasteiger partial charge in [0.1, 0.15) is 0 Å². The Morgan fingerprint density at radius 1 is 1.04 bits per heavy atom. The first-order valence-corrected chi connectivity index (χ1v) is 7.64. The van der Waals surface area contributed by atoms with Crippen LogP contribution in [-0.2, 0) is 16.0 Å². The molecule has 0 aromatic heterocycles. The average Bonchev–Trinajstić information content (AvgIpc) is 2.47. The summed E-state index contributed by atoms with van der Waals surface area (Å²) in [7, 11) is 0. The fourth-order valence-electron chi connectivity index (χ4n) is 2.65. The van der Waals surface area contributed by atoms with E-state index in [1.165, 1.54) is 0 Å². The van der Waals surface area contributed by atoms with Crippen molar-refractivity contribution in [2.45, 2.75) is 26.2 Å². The standard InChI is InChI=1S/C19H21NO3/c1-13(2)18(15-8-4-3-5-9-15)19(23)20-16-10-6-7-14(11-16)12-17(21)22/h3-11,13,18H,12H2,1-2H3,(H,20,23)(H,21,22). The molecular formula is C19H21NO3. The fraction of sp³-hybridized carbons (Fsp3) is 0.263. The SMILES string of the molecule is CC(C)C(C(=O)Nc1cccc(CC(=O)O)c1)c1ccccc1. The first-order chi connectivity index (χ1) is 11.0. The first kappa shape index (κ1) is 16.7. The van der Waals surface area contributed by atoms with Gasteiger partial charge in [0, 0.05) is 5.69 Å². The van der Waals surface area contributed by atoms with Gasteiger partial charge in [-0.25, -0.2) is 0 Å². The number of rotatable bonds is 6. The van der Waals surface area contributed by atoms with E-state index >= 15 is 0 Å². The van der Waals surface area contributed by atoms with Gasteiger partial charge in [-0.2, -0.15) is 0 Å². The molecule has 1 atom stereocenters. The summed E-state index contributed by atoms with van der Waals surface area (Å²) in [5.41, 5.74) is 2.26. The molecule has 23 heavy (non-hydrogen) atoms. The molecule has 0 aliphatic heterocycles. The fourth-order valence-corrected chi connectivity index (χ4v) is 2.65. The molecule has 2 N–H and O–H groups in total. The molecule has 1 amide bonds. The van der Waals surface area contributed by atoms with Crippen LogP contribution < -0.4 is 5.32 Å². The van der Waals surface area contributed by atoms with Gasteiger partial charge in [0.25, 0.3) is 0 Å². The molecule has 120 valence electrons. The van der Waals surface area contributed by atoms with E-state index in [9.17, 15) is 9.59 Å². The monoisotopic (exact) mass is 311 g/mol. The molecule has 0 heterocycles. The molecule has 0 saturated heterocycles. The van der Waals surface area contributed by atoms with Crippen LogP contribution in [0.2, 0.25) is 0 Å². The lowest BCUT2D eigenvalue weighted by Crippen LogP contribution is -2.25. The lowest BCUT2D eigenvalue weighted by atomic mass is 9.87. The molecule has 4 nitrogen and oxygen atoms in total. The molecular weight excluding hydrogens is 290 g/mol. The van der Waals surface area contributed by atoms with Crippen LogP contribution >= 0.6 is 0 Å². The average molecular weight is 311 g/mol. The maximum atomic E-state index is 12.7. The van der Waals surface area contributed by atoms with Gasteiger partial charge < -0.3 is 10.4 Å². The van der Waals surface area contributed by atoms with E-state index in [0.717, 1.165) is 5.56 Å². The van der Waals surface area contributed by atoms with Gasteiger partial charge in [0.2, 0.25) is 5.91 Å². The second kappa shape index (κ2) is 7.58. The molecule has 0 radical (unpaired) electrons. The third kappa shape index (κ3) is 4.68. The summed E-state index contributed by atoms with van der Waals surface area (Å²) in [5.74, 6) is -1.07. The number of anilines is 1. The Kier molecular flexibility index (Phi) is 5.52. The summed E-state index contributed by atoms with van der Waals surface area (Å²) in [6, 6.07) is 16.6. The van der Waals surface area contributed by atoms with E-state index in [-0.39, 0.29) is 24.2 Å². The van der Waals surface area contributed by atoms with Gasteiger partial charge in [-0.15, -0.1) is 0 Å². The van der Waals surface area contributed by atoms with Crippen LogP contribution in [0.3, 0.4) is 0 Å². The quantitative estimate of drug-likeness (QED) is 0.855. The minimum Gasteiger partial charge on any atom is -0.481 e. The normalized spacial score (nSPS) is 12.0. The van der Waals surface area contributed by atoms with Crippen LogP contribution in [0, 0.1) is 5.92 Å². The minimum atomic E-state index is -0.891. The Hall–Kier alpha value is -2.62. The first-order valence-electron chi connectivity index (χ1n) is 7.64. The summed E-state index contributed by atoms with van der Waals surface area (Å²) in [6.07, 6.45) is -0.0595. The molecule has 0 bridgehead atoms. The molecule has 4 heteroatoms. The second-order valence-corrected chi connectivity index (χ2v) is 5.89. The number of aliphatic carboxylic acids is 1. The lowest BCUT2D eigenvalue weighted by Gasteiger charge is -2.21. The van der Waals surface area contributed by atoms with Crippen molar-refractivity contribution in [1.82, 2.24) is 0 Å². The number of nitrogens with one attached hydrogen (secondary N) is 1. The smallest absolute Gasteiger partial charge is 0.307 e. The zero-order chi connectivity index (χ0) is 16.8. The van der Waals surface area contributed by atoms with Crippen LogP contribution in [-0.4, -0.2) is 17.0 Å². The Morgan fingerprint density at radius 2 is 1.74 bits per heavy atom. The summed E-state index contributed by atoms with van der Waals surface area (Å²) >= 11 is 0. The number of amides is 1. The lowest BCUT2D eigenvalue weighted by molar-refractivity contribution is -0.136. The molecule has 1 unspecified atom stereocenters. The molecule has 0 spiro atoms. The van der Waals surface area contributed by atoms with Crippen molar-refractivity contribution in [3.05, 3.63) is 65.7 Å². The van der Waals surface area contributed by atoms with Crippen LogP contribution in [0.4, 0.5) is 5.69 Å². The zero-order valence-corrected chi connectivity index (χ0v) is 13.3. The van der Waals surface area contributed by atoms with E-state index < -0.39 is 5.97 Å². The number of hydrogen-bond acceptors (Lipinski definition) is 2. The van der Waals surface area contributed by atoms with Gasteiger partial charge in [-0.3, -0.25) is 9.59 Å². The van der Waals surface area contributed by atoms with E-state index in [1.54, 1.807) is 24.3 Å². The minimum absolute atomic E-state index is 0.0595. The number of hydrogen-bond donors (Lipinski definition) is 2. The molecule has 0 aliphatic carbocycles. The van der Waals surface area contributed by atoms with Crippen molar-refractivity contribution in [1.29, 1.82) is 0 Å². The number of carbonyl (C=O) groups excluding carboxylic acids is 1. The van der Waals surface area contributed by atoms with Crippen molar-refractivity contribution >= 4 is 17.6 Å². The van der Waals surface area contributed by atoms with Crippen LogP contribution in [0.25, 0.3) is 0 Å². The number of benzene rings is 2. The summed E-state index contributed by atoms with van der Waals surface area (Å²) < 4.78 is 0. The summed E-state index contributed by atoms with van der Waals surface area (Å²) in [5, 5.41) is 11.8. The van der Waals surface area contributed by atoms with Crippen molar-refractivity contribution < 1.29 is 14.7 Å². The summed E-state index contributed by atoms with van der Waals surface area (Å²) in [6.45, 7) is 4.02. The maximum Gasteiger partial charge on any atom is 0.307 e. The number of carboxylic acid groups (broad SMARTS) is 1. The predicted molar refractivity (Wildman–Crippen MR) is 90.4 cm³/mol. The predicted octanol–water partition coefficient (Wildman–Crippen LogP) is 3.69. The number of carboxylic acids is 1. The Balaban J connectivity index is 2.18. The highest BCUT2D eigenvalue weighted by molar-refractivity contribution is 5.96. The third-order valence-electron chi connectivity index (χ3n) is 3.66. The highest BCUT2D eigenvalue weighted by Crippen LogP contribution is 2.26. The van der Waals surface area contributed by atoms with Crippen molar-refractivity contribution in [2.24, 2.45) is 5.92 Å². The van der Waals surface area contributed by atoms with Crippen LogP contribution in [0.5, 0.6) is 0 Å². The van der Waals surface area contributed by atoms with Gasteiger partial charge in [-0.1, -0.05) is 56.3 Å². The van der Waals surface area contributed by atoms with Crippen molar-refractivity contribution in [2.75, 3.05) is 5.32 Å². The highest BCUT2D eigenvalue weighted by Gasteiger charge is 2.24. The molecule has 2 aromatic rings. The molecule has 0 fully saturated rings. The van der Waals surface area contributed by atoms with Crippen molar-refractivity contribution in [3.8, 4) is 0 Å². The summed E-state index contributed by atoms with van der Waals surface area (Å²) in [4.78, 5) is 23.5. The van der Waals surface area contributed by atoms with Crippen molar-refractivity contribution in [3.63, 3.8) is 0 Å². The van der Waals surface area contributed by atoms with E-state index in [4.69, 9.17) is 5.11 Å². The second-order valence-electron chi connectivity index (χ2n) is 5.89. The molecule has 0 saturated carbocycles. The highest BCUT2D eigenvalue weighted by atomic mass is 16.4. The third-order valence-corrected chi connectivity index (χ3v) is 3.66. The largest absolute Gasteiger partial charge is 0.481 e. The topological polar surface area (TPSA) is 66.4 Å². The Bertz CT molecular complexity index is 680. The van der Waals surface area contributed by atoms with Gasteiger partial charge >= 0.3 is 5.97 Å². The van der Waals surface area contributed by atoms with Crippen LogP contribution in [0.15, 0.2) is 54.6 Å².